The molecule has 5 heteroatoms. The summed E-state index contributed by atoms with van der Waals surface area (Å²) in [6, 6.07) is 2.86. The molecule has 1 amide bonds. The zero-order chi connectivity index (χ0) is 13.6. The highest BCUT2D eigenvalue weighted by atomic mass is 19.1. The fourth-order valence-corrected chi connectivity index (χ4v) is 2.91. The third kappa shape index (κ3) is 1.64. The summed E-state index contributed by atoms with van der Waals surface area (Å²) in [5.74, 6) is -2.07. The molecule has 0 aromatic heterocycles. The SMILES string of the molecule is CCOC(=O)C1C(=O)N2CCCc3c(F)ccc1c32. The molecule has 0 spiro atoms. The number of carbonyl (C=O) groups excluding carboxylic acids is 2. The summed E-state index contributed by atoms with van der Waals surface area (Å²) in [4.78, 5) is 25.8. The molecule has 0 bridgehead atoms. The molecule has 0 saturated heterocycles. The molecule has 19 heavy (non-hydrogen) atoms. The molecule has 0 saturated carbocycles. The Morgan fingerprint density at radius 3 is 3.05 bits per heavy atom. The Morgan fingerprint density at radius 2 is 2.32 bits per heavy atom. The summed E-state index contributed by atoms with van der Waals surface area (Å²) in [5.41, 5.74) is 1.72. The maximum atomic E-state index is 13.8. The molecular weight excluding hydrogens is 249 g/mol. The number of carbonyl (C=O) groups is 2. The Kier molecular flexibility index (Phi) is 2.77. The molecule has 0 radical (unpaired) electrons. The Bertz CT molecular complexity index is 570. The lowest BCUT2D eigenvalue weighted by molar-refractivity contribution is -0.147. The van der Waals surface area contributed by atoms with E-state index in [0.717, 1.165) is 0 Å². The Labute approximate surface area is 110 Å². The molecule has 0 N–H and O–H groups in total. The third-order valence-electron chi connectivity index (χ3n) is 3.68. The van der Waals surface area contributed by atoms with Crippen LogP contribution >= 0.6 is 0 Å². The summed E-state index contributed by atoms with van der Waals surface area (Å²) >= 11 is 0. The van der Waals surface area contributed by atoms with Gasteiger partial charge < -0.3 is 9.64 Å². The van der Waals surface area contributed by atoms with Gasteiger partial charge in [0, 0.05) is 12.1 Å². The average Bonchev–Trinajstić information content (AvgIpc) is 2.69. The largest absolute Gasteiger partial charge is 0.465 e. The maximum absolute atomic E-state index is 13.8. The summed E-state index contributed by atoms with van der Waals surface area (Å²) < 4.78 is 18.8. The summed E-state index contributed by atoms with van der Waals surface area (Å²) in [6.45, 7) is 2.47. The van der Waals surface area contributed by atoms with Gasteiger partial charge in [0.15, 0.2) is 5.92 Å². The fraction of sp³-hybridized carbons (Fsp3) is 0.429. The molecule has 1 unspecified atom stereocenters. The lowest BCUT2D eigenvalue weighted by Gasteiger charge is -2.25. The average molecular weight is 263 g/mol. The standard InChI is InChI=1S/C14H14FNO3/c1-2-19-14(18)11-9-5-6-10(15)8-4-3-7-16(12(8)9)13(11)17/h5-6,11H,2-4,7H2,1H3. The predicted molar refractivity (Wildman–Crippen MR) is 66.4 cm³/mol. The minimum Gasteiger partial charge on any atom is -0.465 e. The summed E-state index contributed by atoms with van der Waals surface area (Å²) in [7, 11) is 0. The van der Waals surface area contributed by atoms with Gasteiger partial charge in [-0.1, -0.05) is 6.07 Å². The van der Waals surface area contributed by atoms with Crippen molar-refractivity contribution in [1.82, 2.24) is 0 Å². The number of hydrogen-bond donors (Lipinski definition) is 0. The van der Waals surface area contributed by atoms with E-state index in [0.29, 0.717) is 36.2 Å². The van der Waals surface area contributed by atoms with Crippen LogP contribution in [0.3, 0.4) is 0 Å². The maximum Gasteiger partial charge on any atom is 0.323 e. The van der Waals surface area contributed by atoms with E-state index in [4.69, 9.17) is 4.74 Å². The van der Waals surface area contributed by atoms with Crippen LogP contribution in [0.25, 0.3) is 0 Å². The van der Waals surface area contributed by atoms with Gasteiger partial charge in [0.05, 0.1) is 12.3 Å². The van der Waals surface area contributed by atoms with Gasteiger partial charge in [-0.15, -0.1) is 0 Å². The molecule has 1 aromatic rings. The Morgan fingerprint density at radius 1 is 1.53 bits per heavy atom. The normalized spacial score (nSPS) is 20.4. The minimum atomic E-state index is -0.924. The molecule has 1 atom stereocenters. The zero-order valence-corrected chi connectivity index (χ0v) is 10.6. The van der Waals surface area contributed by atoms with Crippen LogP contribution in [0.4, 0.5) is 10.1 Å². The van der Waals surface area contributed by atoms with Gasteiger partial charge in [0.2, 0.25) is 5.91 Å². The Hall–Kier alpha value is -1.91. The van der Waals surface area contributed by atoms with Crippen LogP contribution in [0.1, 0.15) is 30.4 Å². The van der Waals surface area contributed by atoms with Crippen LogP contribution in [0.15, 0.2) is 12.1 Å². The first kappa shape index (κ1) is 12.1. The van der Waals surface area contributed by atoms with E-state index in [9.17, 15) is 14.0 Å². The second-order valence-corrected chi connectivity index (χ2v) is 4.74. The van der Waals surface area contributed by atoms with Crippen molar-refractivity contribution in [2.75, 3.05) is 18.1 Å². The van der Waals surface area contributed by atoms with Crippen molar-refractivity contribution >= 4 is 17.6 Å². The quantitative estimate of drug-likeness (QED) is 0.603. The summed E-state index contributed by atoms with van der Waals surface area (Å²) in [6.07, 6.45) is 1.32. The van der Waals surface area contributed by atoms with E-state index in [2.05, 4.69) is 0 Å². The topological polar surface area (TPSA) is 46.6 Å². The zero-order valence-electron chi connectivity index (χ0n) is 10.6. The molecule has 2 aliphatic heterocycles. The minimum absolute atomic E-state index is 0.228. The number of amides is 1. The summed E-state index contributed by atoms with van der Waals surface area (Å²) in [5, 5.41) is 0. The molecule has 0 aliphatic carbocycles. The van der Waals surface area contributed by atoms with Crippen molar-refractivity contribution in [3.63, 3.8) is 0 Å². The highest BCUT2D eigenvalue weighted by Gasteiger charge is 2.45. The van der Waals surface area contributed by atoms with Crippen LogP contribution in [0.5, 0.6) is 0 Å². The van der Waals surface area contributed by atoms with Gasteiger partial charge in [0.25, 0.3) is 0 Å². The van der Waals surface area contributed by atoms with E-state index in [-0.39, 0.29) is 18.3 Å². The van der Waals surface area contributed by atoms with Gasteiger partial charge in [-0.2, -0.15) is 0 Å². The smallest absolute Gasteiger partial charge is 0.323 e. The first-order chi connectivity index (χ1) is 9.15. The highest BCUT2D eigenvalue weighted by Crippen LogP contribution is 2.44. The van der Waals surface area contributed by atoms with Gasteiger partial charge in [-0.25, -0.2) is 4.39 Å². The van der Waals surface area contributed by atoms with Crippen LogP contribution in [-0.2, 0) is 20.7 Å². The molecular formula is C14H14FNO3. The van der Waals surface area contributed by atoms with Crippen LogP contribution in [-0.4, -0.2) is 25.0 Å². The van der Waals surface area contributed by atoms with Crippen molar-refractivity contribution in [3.05, 3.63) is 29.1 Å². The van der Waals surface area contributed by atoms with E-state index < -0.39 is 11.9 Å². The first-order valence-electron chi connectivity index (χ1n) is 6.44. The van der Waals surface area contributed by atoms with Crippen LogP contribution < -0.4 is 4.90 Å². The second-order valence-electron chi connectivity index (χ2n) is 4.74. The molecule has 100 valence electrons. The number of halogens is 1. The van der Waals surface area contributed by atoms with Gasteiger partial charge >= 0.3 is 5.97 Å². The lowest BCUT2D eigenvalue weighted by Crippen LogP contribution is -2.35. The predicted octanol–water partition coefficient (Wildman–Crippen LogP) is 1.77. The van der Waals surface area contributed by atoms with Crippen molar-refractivity contribution in [1.29, 1.82) is 0 Å². The second kappa shape index (κ2) is 4.33. The number of esters is 1. The molecule has 2 aliphatic rings. The molecule has 4 nitrogen and oxygen atoms in total. The van der Waals surface area contributed by atoms with Gasteiger partial charge in [-0.3, -0.25) is 9.59 Å². The monoisotopic (exact) mass is 263 g/mol. The first-order valence-corrected chi connectivity index (χ1v) is 6.44. The highest BCUT2D eigenvalue weighted by molar-refractivity contribution is 6.16. The molecule has 3 rings (SSSR count). The van der Waals surface area contributed by atoms with E-state index in [1.165, 1.54) is 17.0 Å². The van der Waals surface area contributed by atoms with Gasteiger partial charge in [-0.05, 0) is 31.4 Å². The van der Waals surface area contributed by atoms with Crippen molar-refractivity contribution in [3.8, 4) is 0 Å². The lowest BCUT2D eigenvalue weighted by atomic mass is 9.95. The number of benzene rings is 1. The number of hydrogen-bond acceptors (Lipinski definition) is 3. The number of rotatable bonds is 2. The van der Waals surface area contributed by atoms with Gasteiger partial charge in [0.1, 0.15) is 5.82 Å². The number of ether oxygens (including phenoxy) is 1. The van der Waals surface area contributed by atoms with Crippen molar-refractivity contribution in [2.45, 2.75) is 25.7 Å². The van der Waals surface area contributed by atoms with Crippen LogP contribution in [0, 0.1) is 5.82 Å². The van der Waals surface area contributed by atoms with Crippen LogP contribution in [0.2, 0.25) is 0 Å². The van der Waals surface area contributed by atoms with Crippen molar-refractivity contribution < 1.29 is 18.7 Å². The van der Waals surface area contributed by atoms with E-state index >= 15 is 0 Å². The molecule has 2 heterocycles. The number of anilines is 1. The molecule has 1 aromatic carbocycles. The third-order valence-corrected chi connectivity index (χ3v) is 3.68. The number of nitrogens with zero attached hydrogens (tertiary/aromatic N) is 1. The van der Waals surface area contributed by atoms with E-state index in [1.54, 1.807) is 6.92 Å². The van der Waals surface area contributed by atoms with E-state index in [1.807, 2.05) is 0 Å². The molecule has 0 fully saturated rings. The Balaban J connectivity index is 2.13. The van der Waals surface area contributed by atoms with Crippen molar-refractivity contribution in [2.24, 2.45) is 0 Å². The fourth-order valence-electron chi connectivity index (χ4n) is 2.91.